The molecule has 0 radical (unpaired) electrons. The first kappa shape index (κ1) is 17.2. The van der Waals surface area contributed by atoms with Gasteiger partial charge in [-0.3, -0.25) is 0 Å². The van der Waals surface area contributed by atoms with E-state index >= 15 is 0 Å². The average Bonchev–Trinajstić information content (AvgIpc) is 2.42. The van der Waals surface area contributed by atoms with Crippen molar-refractivity contribution >= 4 is 0 Å². The van der Waals surface area contributed by atoms with Gasteiger partial charge in [0.25, 0.3) is 0 Å². The van der Waals surface area contributed by atoms with Gasteiger partial charge >= 0.3 is 0 Å². The molecule has 0 fully saturated rings. The number of hydrogen-bond donors (Lipinski definition) is 2. The van der Waals surface area contributed by atoms with Gasteiger partial charge in [0, 0.05) is 19.1 Å². The lowest BCUT2D eigenvalue weighted by Crippen LogP contribution is -2.38. The number of rotatable bonds is 8. The molecule has 0 aliphatic rings. The molecule has 1 aromatic carbocycles. The molecule has 0 aromatic heterocycles. The lowest BCUT2D eigenvalue weighted by molar-refractivity contribution is 0.125. The lowest BCUT2D eigenvalue weighted by Gasteiger charge is -2.24. The van der Waals surface area contributed by atoms with E-state index in [-0.39, 0.29) is 6.04 Å². The summed E-state index contributed by atoms with van der Waals surface area (Å²) in [6, 6.07) is 8.46. The molecule has 0 bridgehead atoms. The molecule has 2 unspecified atom stereocenters. The molecule has 1 rings (SSSR count). The van der Waals surface area contributed by atoms with Crippen molar-refractivity contribution in [3.05, 3.63) is 35.4 Å². The molecule has 2 atom stereocenters. The molecule has 3 nitrogen and oxygen atoms in total. The van der Waals surface area contributed by atoms with Crippen LogP contribution in [0.3, 0.4) is 0 Å². The van der Waals surface area contributed by atoms with Crippen LogP contribution in [0, 0.1) is 0 Å². The van der Waals surface area contributed by atoms with Crippen LogP contribution in [-0.4, -0.2) is 43.2 Å². The number of likely N-dealkylation sites (N-methyl/N-ethyl adjacent to an activating group) is 1. The highest BCUT2D eigenvalue weighted by Gasteiger charge is 2.18. The summed E-state index contributed by atoms with van der Waals surface area (Å²) in [7, 11) is 4.12. The largest absolute Gasteiger partial charge is 0.387 e. The van der Waals surface area contributed by atoms with Crippen LogP contribution >= 0.6 is 0 Å². The van der Waals surface area contributed by atoms with Crippen LogP contribution in [0.25, 0.3) is 0 Å². The van der Waals surface area contributed by atoms with E-state index in [1.165, 1.54) is 5.56 Å². The molecule has 0 aliphatic heterocycles. The molecule has 0 heterocycles. The van der Waals surface area contributed by atoms with Crippen LogP contribution in [0.1, 0.15) is 50.3 Å². The van der Waals surface area contributed by atoms with Crippen LogP contribution < -0.4 is 5.32 Å². The summed E-state index contributed by atoms with van der Waals surface area (Å²) in [5, 5.41) is 13.9. The maximum absolute atomic E-state index is 10.5. The van der Waals surface area contributed by atoms with Gasteiger partial charge in [-0.15, -0.1) is 0 Å². The molecule has 2 N–H and O–H groups in total. The van der Waals surface area contributed by atoms with E-state index in [2.05, 4.69) is 69.3 Å². The maximum atomic E-state index is 10.5. The minimum absolute atomic E-state index is 0.111. The van der Waals surface area contributed by atoms with Gasteiger partial charge in [0.2, 0.25) is 0 Å². The van der Waals surface area contributed by atoms with Gasteiger partial charge < -0.3 is 15.3 Å². The van der Waals surface area contributed by atoms with Crippen LogP contribution in [0.4, 0.5) is 0 Å². The van der Waals surface area contributed by atoms with Crippen molar-refractivity contribution in [2.75, 3.05) is 27.2 Å². The normalized spacial score (nSPS) is 14.8. The highest BCUT2D eigenvalue weighted by atomic mass is 16.3. The Morgan fingerprint density at radius 3 is 2.10 bits per heavy atom. The zero-order valence-corrected chi connectivity index (χ0v) is 13.6. The summed E-state index contributed by atoms with van der Waals surface area (Å²) >= 11 is 0. The highest BCUT2D eigenvalue weighted by Crippen LogP contribution is 2.22. The number of benzene rings is 1. The summed E-state index contributed by atoms with van der Waals surface area (Å²) in [5.41, 5.74) is 2.31. The summed E-state index contributed by atoms with van der Waals surface area (Å²) in [6.07, 6.45) is 0.476. The van der Waals surface area contributed by atoms with Crippen molar-refractivity contribution in [3.8, 4) is 0 Å². The van der Waals surface area contributed by atoms with Gasteiger partial charge in [-0.1, -0.05) is 45.0 Å². The Balaban J connectivity index is 2.62. The van der Waals surface area contributed by atoms with E-state index in [1.54, 1.807) is 0 Å². The zero-order chi connectivity index (χ0) is 15.1. The van der Waals surface area contributed by atoms with Crippen LogP contribution in [0.5, 0.6) is 0 Å². The molecule has 0 spiro atoms. The van der Waals surface area contributed by atoms with Gasteiger partial charge in [-0.2, -0.15) is 0 Å². The monoisotopic (exact) mass is 278 g/mol. The summed E-state index contributed by atoms with van der Waals surface area (Å²) in [6.45, 7) is 8.35. The Labute approximate surface area is 124 Å². The summed E-state index contributed by atoms with van der Waals surface area (Å²) in [4.78, 5) is 2.14. The molecule has 0 aliphatic carbocycles. The SMILES string of the molecule is CCC(NCCN(C)C)C(O)c1ccc(C(C)C)cc1. The molecule has 114 valence electrons. The fraction of sp³-hybridized carbons (Fsp3) is 0.647. The first-order chi connectivity index (χ1) is 9.45. The molecular formula is C17H30N2O. The van der Waals surface area contributed by atoms with Crippen LogP contribution in [-0.2, 0) is 0 Å². The lowest BCUT2D eigenvalue weighted by atomic mass is 9.96. The zero-order valence-electron chi connectivity index (χ0n) is 13.6. The quantitative estimate of drug-likeness (QED) is 0.767. The Hall–Kier alpha value is -0.900. The van der Waals surface area contributed by atoms with E-state index in [9.17, 15) is 5.11 Å². The molecule has 3 heteroatoms. The van der Waals surface area contributed by atoms with Crippen molar-refractivity contribution in [2.45, 2.75) is 45.3 Å². The molecular weight excluding hydrogens is 248 g/mol. The average molecular weight is 278 g/mol. The number of hydrogen-bond acceptors (Lipinski definition) is 3. The molecule has 0 saturated carbocycles. The number of nitrogens with zero attached hydrogens (tertiary/aromatic N) is 1. The van der Waals surface area contributed by atoms with Crippen molar-refractivity contribution in [1.29, 1.82) is 0 Å². The second kappa shape index (κ2) is 8.40. The van der Waals surface area contributed by atoms with Crippen molar-refractivity contribution < 1.29 is 5.11 Å². The van der Waals surface area contributed by atoms with Gasteiger partial charge in [0.1, 0.15) is 0 Å². The predicted molar refractivity (Wildman–Crippen MR) is 86.1 cm³/mol. The fourth-order valence-electron chi connectivity index (χ4n) is 2.26. The Bertz CT molecular complexity index is 373. The third-order valence-corrected chi connectivity index (χ3v) is 3.73. The second-order valence-corrected chi connectivity index (χ2v) is 6.04. The predicted octanol–water partition coefficient (Wildman–Crippen LogP) is 2.77. The first-order valence-corrected chi connectivity index (χ1v) is 7.61. The van der Waals surface area contributed by atoms with Crippen LogP contribution in [0.15, 0.2) is 24.3 Å². The topological polar surface area (TPSA) is 35.5 Å². The molecule has 1 aromatic rings. The van der Waals surface area contributed by atoms with Crippen molar-refractivity contribution in [3.63, 3.8) is 0 Å². The third-order valence-electron chi connectivity index (χ3n) is 3.73. The Morgan fingerprint density at radius 2 is 1.65 bits per heavy atom. The standard InChI is InChI=1S/C17H30N2O/c1-6-16(18-11-12-19(4)5)17(20)15-9-7-14(8-10-15)13(2)3/h7-10,13,16-18,20H,6,11-12H2,1-5H3. The number of aliphatic hydroxyl groups is 1. The minimum atomic E-state index is -0.441. The van der Waals surface area contributed by atoms with Gasteiger partial charge in [-0.05, 0) is 37.6 Å². The smallest absolute Gasteiger partial charge is 0.0942 e. The van der Waals surface area contributed by atoms with Gasteiger partial charge in [-0.25, -0.2) is 0 Å². The second-order valence-electron chi connectivity index (χ2n) is 6.04. The molecule has 20 heavy (non-hydrogen) atoms. The summed E-state index contributed by atoms with van der Waals surface area (Å²) < 4.78 is 0. The van der Waals surface area contributed by atoms with Crippen LogP contribution in [0.2, 0.25) is 0 Å². The van der Waals surface area contributed by atoms with E-state index in [4.69, 9.17) is 0 Å². The first-order valence-electron chi connectivity index (χ1n) is 7.61. The fourth-order valence-corrected chi connectivity index (χ4v) is 2.26. The van der Waals surface area contributed by atoms with Gasteiger partial charge in [0.15, 0.2) is 0 Å². The highest BCUT2D eigenvalue weighted by molar-refractivity contribution is 5.26. The number of aliphatic hydroxyl groups excluding tert-OH is 1. The maximum Gasteiger partial charge on any atom is 0.0942 e. The summed E-state index contributed by atoms with van der Waals surface area (Å²) in [5.74, 6) is 0.529. The van der Waals surface area contributed by atoms with E-state index in [0.29, 0.717) is 5.92 Å². The molecule has 0 amide bonds. The van der Waals surface area contributed by atoms with E-state index < -0.39 is 6.10 Å². The van der Waals surface area contributed by atoms with Crippen molar-refractivity contribution in [1.82, 2.24) is 10.2 Å². The Kier molecular flexibility index (Phi) is 7.20. The van der Waals surface area contributed by atoms with Crippen molar-refractivity contribution in [2.24, 2.45) is 0 Å². The number of nitrogens with one attached hydrogen (secondary N) is 1. The van der Waals surface area contributed by atoms with E-state index in [1.807, 2.05) is 0 Å². The third kappa shape index (κ3) is 5.23. The van der Waals surface area contributed by atoms with E-state index in [0.717, 1.165) is 25.1 Å². The minimum Gasteiger partial charge on any atom is -0.387 e. The Morgan fingerprint density at radius 1 is 1.10 bits per heavy atom. The van der Waals surface area contributed by atoms with Gasteiger partial charge in [0.05, 0.1) is 6.10 Å². The molecule has 0 saturated heterocycles.